The first-order chi connectivity index (χ1) is 3.83. The third-order valence-corrected chi connectivity index (χ3v) is 1.63. The second-order valence-electron chi connectivity index (χ2n) is 2.41. The Morgan fingerprint density at radius 3 is 2.75 bits per heavy atom. The maximum atomic E-state index is 5.22. The highest BCUT2D eigenvalue weighted by atomic mass is 15.1. The van der Waals surface area contributed by atoms with Crippen molar-refractivity contribution in [1.29, 1.82) is 0 Å². The zero-order chi connectivity index (χ0) is 5.98. The standard InChI is InChI=1S/C7H11N/c1-3-7-4-5-8(2)6-7/h1,7H,4-6H2,2H3/t7-/m0/s1. The lowest BCUT2D eigenvalue weighted by atomic mass is 10.1. The van der Waals surface area contributed by atoms with E-state index in [0.717, 1.165) is 6.54 Å². The van der Waals surface area contributed by atoms with Crippen molar-refractivity contribution >= 4 is 0 Å². The van der Waals surface area contributed by atoms with Gasteiger partial charge in [0.15, 0.2) is 0 Å². The van der Waals surface area contributed by atoms with Gasteiger partial charge < -0.3 is 4.90 Å². The van der Waals surface area contributed by atoms with Crippen molar-refractivity contribution in [2.24, 2.45) is 5.92 Å². The summed E-state index contributed by atoms with van der Waals surface area (Å²) in [5.41, 5.74) is 0. The average molecular weight is 109 g/mol. The third kappa shape index (κ3) is 1.02. The maximum absolute atomic E-state index is 5.22. The number of hydrogen-bond donors (Lipinski definition) is 0. The van der Waals surface area contributed by atoms with E-state index in [1.165, 1.54) is 13.0 Å². The number of likely N-dealkylation sites (tertiary alicyclic amines) is 1. The normalized spacial score (nSPS) is 30.2. The van der Waals surface area contributed by atoms with E-state index >= 15 is 0 Å². The van der Waals surface area contributed by atoms with Gasteiger partial charge in [0.2, 0.25) is 0 Å². The van der Waals surface area contributed by atoms with E-state index in [4.69, 9.17) is 6.42 Å². The van der Waals surface area contributed by atoms with E-state index < -0.39 is 0 Å². The first-order valence-electron chi connectivity index (χ1n) is 2.97. The Bertz CT molecular complexity index is 112. The maximum Gasteiger partial charge on any atom is 0.0339 e. The Balaban J connectivity index is 2.35. The minimum atomic E-state index is 0.528. The first kappa shape index (κ1) is 5.65. The molecule has 0 bridgehead atoms. The molecule has 0 unspecified atom stereocenters. The number of rotatable bonds is 0. The molecule has 0 aliphatic carbocycles. The predicted molar refractivity (Wildman–Crippen MR) is 34.4 cm³/mol. The summed E-state index contributed by atoms with van der Waals surface area (Å²) in [6.45, 7) is 2.27. The molecule has 8 heavy (non-hydrogen) atoms. The van der Waals surface area contributed by atoms with Crippen LogP contribution in [0.4, 0.5) is 0 Å². The van der Waals surface area contributed by atoms with E-state index in [2.05, 4.69) is 17.9 Å². The number of nitrogens with zero attached hydrogens (tertiary/aromatic N) is 1. The lowest BCUT2D eigenvalue weighted by Gasteiger charge is -2.03. The fourth-order valence-corrected chi connectivity index (χ4v) is 1.07. The van der Waals surface area contributed by atoms with Crippen molar-refractivity contribution in [2.45, 2.75) is 6.42 Å². The average Bonchev–Trinajstić information content (AvgIpc) is 2.14. The fraction of sp³-hybridized carbons (Fsp3) is 0.714. The molecule has 0 saturated carbocycles. The molecule has 0 aromatic rings. The Morgan fingerprint density at radius 1 is 1.75 bits per heavy atom. The molecule has 1 rings (SSSR count). The quantitative estimate of drug-likeness (QED) is 0.411. The van der Waals surface area contributed by atoms with Crippen LogP contribution in [-0.4, -0.2) is 25.0 Å². The molecule has 0 spiro atoms. The van der Waals surface area contributed by atoms with Crippen molar-refractivity contribution in [1.82, 2.24) is 4.90 Å². The van der Waals surface area contributed by atoms with Gasteiger partial charge >= 0.3 is 0 Å². The highest BCUT2D eigenvalue weighted by Crippen LogP contribution is 2.11. The second-order valence-corrected chi connectivity index (χ2v) is 2.41. The highest BCUT2D eigenvalue weighted by Gasteiger charge is 2.15. The van der Waals surface area contributed by atoms with Crippen LogP contribution in [0.1, 0.15) is 6.42 Å². The van der Waals surface area contributed by atoms with Crippen molar-refractivity contribution in [3.63, 3.8) is 0 Å². The van der Waals surface area contributed by atoms with Crippen molar-refractivity contribution in [3.05, 3.63) is 0 Å². The summed E-state index contributed by atoms with van der Waals surface area (Å²) in [6.07, 6.45) is 6.41. The van der Waals surface area contributed by atoms with E-state index in [9.17, 15) is 0 Å². The van der Waals surface area contributed by atoms with Gasteiger partial charge in [0.1, 0.15) is 0 Å². The molecular formula is C7H11N. The topological polar surface area (TPSA) is 3.24 Å². The predicted octanol–water partition coefficient (Wildman–Crippen LogP) is 0.571. The van der Waals surface area contributed by atoms with Crippen LogP contribution in [0.2, 0.25) is 0 Å². The van der Waals surface area contributed by atoms with Crippen LogP contribution in [0.5, 0.6) is 0 Å². The SMILES string of the molecule is C#C[C@H]1CCN(C)C1. The molecule has 1 aliphatic rings. The Kier molecular flexibility index (Phi) is 1.55. The van der Waals surface area contributed by atoms with E-state index in [0.29, 0.717) is 5.92 Å². The minimum absolute atomic E-state index is 0.528. The summed E-state index contributed by atoms with van der Waals surface area (Å²) in [5.74, 6) is 3.28. The summed E-state index contributed by atoms with van der Waals surface area (Å²) in [7, 11) is 2.11. The summed E-state index contributed by atoms with van der Waals surface area (Å²) >= 11 is 0. The molecule has 0 radical (unpaired) electrons. The Labute approximate surface area is 50.7 Å². The zero-order valence-electron chi connectivity index (χ0n) is 5.22. The van der Waals surface area contributed by atoms with Gasteiger partial charge in [0, 0.05) is 12.5 Å². The lowest BCUT2D eigenvalue weighted by molar-refractivity contribution is 0.410. The summed E-state index contributed by atoms with van der Waals surface area (Å²) in [5, 5.41) is 0. The van der Waals surface area contributed by atoms with Crippen LogP contribution in [0, 0.1) is 18.3 Å². The van der Waals surface area contributed by atoms with Crippen molar-refractivity contribution in [3.8, 4) is 12.3 Å². The summed E-state index contributed by atoms with van der Waals surface area (Å²) in [6, 6.07) is 0. The third-order valence-electron chi connectivity index (χ3n) is 1.63. The summed E-state index contributed by atoms with van der Waals surface area (Å²) in [4.78, 5) is 2.27. The van der Waals surface area contributed by atoms with Crippen molar-refractivity contribution < 1.29 is 0 Å². The van der Waals surface area contributed by atoms with Crippen LogP contribution in [0.3, 0.4) is 0 Å². The molecule has 1 nitrogen and oxygen atoms in total. The van der Waals surface area contributed by atoms with Crippen LogP contribution < -0.4 is 0 Å². The number of hydrogen-bond acceptors (Lipinski definition) is 1. The molecule has 0 amide bonds. The van der Waals surface area contributed by atoms with Gasteiger partial charge in [0.25, 0.3) is 0 Å². The fourth-order valence-electron chi connectivity index (χ4n) is 1.07. The van der Waals surface area contributed by atoms with Crippen LogP contribution in [0.25, 0.3) is 0 Å². The lowest BCUT2D eigenvalue weighted by Crippen LogP contribution is -2.13. The first-order valence-corrected chi connectivity index (χ1v) is 2.97. The molecule has 0 N–H and O–H groups in total. The minimum Gasteiger partial charge on any atom is -0.305 e. The molecule has 44 valence electrons. The molecule has 1 aliphatic heterocycles. The molecule has 1 saturated heterocycles. The van der Waals surface area contributed by atoms with Gasteiger partial charge in [-0.2, -0.15) is 0 Å². The van der Waals surface area contributed by atoms with E-state index in [-0.39, 0.29) is 0 Å². The van der Waals surface area contributed by atoms with E-state index in [1.54, 1.807) is 0 Å². The van der Waals surface area contributed by atoms with Crippen molar-refractivity contribution in [2.75, 3.05) is 20.1 Å². The molecule has 1 atom stereocenters. The van der Waals surface area contributed by atoms with Gasteiger partial charge in [0.05, 0.1) is 0 Å². The van der Waals surface area contributed by atoms with Crippen LogP contribution in [0.15, 0.2) is 0 Å². The van der Waals surface area contributed by atoms with Gasteiger partial charge in [-0.3, -0.25) is 0 Å². The smallest absolute Gasteiger partial charge is 0.0339 e. The van der Waals surface area contributed by atoms with E-state index in [1.807, 2.05) is 0 Å². The summed E-state index contributed by atoms with van der Waals surface area (Å²) < 4.78 is 0. The van der Waals surface area contributed by atoms with Gasteiger partial charge in [-0.25, -0.2) is 0 Å². The highest BCUT2D eigenvalue weighted by molar-refractivity contribution is 4.97. The Hall–Kier alpha value is -0.480. The van der Waals surface area contributed by atoms with Crippen LogP contribution >= 0.6 is 0 Å². The molecule has 1 heteroatoms. The monoisotopic (exact) mass is 109 g/mol. The van der Waals surface area contributed by atoms with Gasteiger partial charge in [-0.15, -0.1) is 12.3 Å². The van der Waals surface area contributed by atoms with Gasteiger partial charge in [-0.1, -0.05) is 0 Å². The van der Waals surface area contributed by atoms with Gasteiger partial charge in [-0.05, 0) is 20.0 Å². The molecule has 0 aromatic carbocycles. The molecule has 1 heterocycles. The molecule has 1 fully saturated rings. The number of terminal acetylenes is 1. The zero-order valence-corrected chi connectivity index (χ0v) is 5.22. The second kappa shape index (κ2) is 2.19. The van der Waals surface area contributed by atoms with Crippen LogP contribution in [-0.2, 0) is 0 Å². The molecular weight excluding hydrogens is 98.1 g/mol. The molecule has 0 aromatic heterocycles. The largest absolute Gasteiger partial charge is 0.305 e. The Morgan fingerprint density at radius 2 is 2.50 bits per heavy atom.